The van der Waals surface area contributed by atoms with Crippen LogP contribution < -0.4 is 5.32 Å². The van der Waals surface area contributed by atoms with Gasteiger partial charge in [0.15, 0.2) is 0 Å². The topological polar surface area (TPSA) is 105 Å². The fourth-order valence-electron chi connectivity index (χ4n) is 4.19. The van der Waals surface area contributed by atoms with Crippen LogP contribution in [0.2, 0.25) is 0 Å². The first kappa shape index (κ1) is 22.2. The summed E-state index contributed by atoms with van der Waals surface area (Å²) in [6.45, 7) is 0.0294. The van der Waals surface area contributed by atoms with Gasteiger partial charge < -0.3 is 24.8 Å². The second-order valence-electron chi connectivity index (χ2n) is 7.64. The molecule has 9 heteroatoms. The number of aliphatic carboxylic acids is 1. The Hall–Kier alpha value is -3.04. The Morgan fingerprint density at radius 1 is 1.12 bits per heavy atom. The molecule has 0 spiro atoms. The number of ether oxygens (including phenoxy) is 2. The third kappa shape index (κ3) is 4.31. The number of alkyl carbamates (subject to hydrolysis) is 1. The Morgan fingerprint density at radius 3 is 2.34 bits per heavy atom. The predicted octanol–water partition coefficient (Wildman–Crippen LogP) is 2.53. The Balaban J connectivity index is 1.42. The lowest BCUT2D eigenvalue weighted by atomic mass is 9.98. The van der Waals surface area contributed by atoms with Gasteiger partial charge in [0.1, 0.15) is 18.7 Å². The number of hydrogen-bond donors (Lipinski definition) is 2. The second kappa shape index (κ2) is 9.62. The summed E-state index contributed by atoms with van der Waals surface area (Å²) in [6.07, 6.45) is -0.749. The van der Waals surface area contributed by atoms with Gasteiger partial charge in [0.2, 0.25) is 5.91 Å². The average molecular weight is 457 g/mol. The van der Waals surface area contributed by atoms with Gasteiger partial charge in [0.05, 0.1) is 12.5 Å². The van der Waals surface area contributed by atoms with Gasteiger partial charge in [-0.15, -0.1) is 11.8 Å². The molecule has 2 aliphatic rings. The number of carbonyl (C=O) groups excluding carboxylic acids is 2. The van der Waals surface area contributed by atoms with E-state index in [0.29, 0.717) is 5.75 Å². The SMILES string of the molecule is COC[C@H](NC(=O)OCC1c2ccccc2-c2ccccc21)C(=O)N1CSCC1C(=O)O. The molecule has 1 unspecified atom stereocenters. The summed E-state index contributed by atoms with van der Waals surface area (Å²) in [4.78, 5) is 38.1. The number of rotatable bonds is 7. The molecule has 32 heavy (non-hydrogen) atoms. The summed E-state index contributed by atoms with van der Waals surface area (Å²) >= 11 is 1.35. The van der Waals surface area contributed by atoms with Crippen LogP contribution in [-0.4, -0.2) is 72.0 Å². The van der Waals surface area contributed by atoms with Crippen molar-refractivity contribution in [2.24, 2.45) is 0 Å². The molecule has 1 fully saturated rings. The minimum Gasteiger partial charge on any atom is -0.480 e. The fraction of sp³-hybridized carbons (Fsp3) is 0.348. The first-order chi connectivity index (χ1) is 15.5. The summed E-state index contributed by atoms with van der Waals surface area (Å²) in [5.41, 5.74) is 4.42. The Morgan fingerprint density at radius 2 is 1.75 bits per heavy atom. The first-order valence-corrected chi connectivity index (χ1v) is 11.4. The minimum atomic E-state index is -1.07. The molecule has 1 saturated heterocycles. The highest BCUT2D eigenvalue weighted by Gasteiger charge is 2.38. The molecule has 0 radical (unpaired) electrons. The molecule has 0 bridgehead atoms. The van der Waals surface area contributed by atoms with Gasteiger partial charge in [-0.1, -0.05) is 48.5 Å². The smallest absolute Gasteiger partial charge is 0.407 e. The van der Waals surface area contributed by atoms with Crippen molar-refractivity contribution in [1.29, 1.82) is 0 Å². The van der Waals surface area contributed by atoms with Gasteiger partial charge in [0, 0.05) is 18.8 Å². The highest BCUT2D eigenvalue weighted by atomic mass is 32.2. The van der Waals surface area contributed by atoms with Crippen LogP contribution in [0.15, 0.2) is 48.5 Å². The number of fused-ring (bicyclic) bond motifs is 3. The lowest BCUT2D eigenvalue weighted by molar-refractivity contribution is -0.149. The fourth-order valence-corrected chi connectivity index (χ4v) is 5.34. The number of hydrogen-bond acceptors (Lipinski definition) is 6. The zero-order valence-corrected chi connectivity index (χ0v) is 18.3. The van der Waals surface area contributed by atoms with Crippen LogP contribution >= 0.6 is 11.8 Å². The van der Waals surface area contributed by atoms with Crippen LogP contribution in [0.4, 0.5) is 4.79 Å². The molecular weight excluding hydrogens is 432 g/mol. The van der Waals surface area contributed by atoms with Gasteiger partial charge in [0.25, 0.3) is 0 Å². The third-order valence-electron chi connectivity index (χ3n) is 5.72. The number of benzene rings is 2. The first-order valence-electron chi connectivity index (χ1n) is 10.2. The number of carboxylic acids is 1. The molecule has 2 aromatic rings. The minimum absolute atomic E-state index is 0.0868. The van der Waals surface area contributed by atoms with Gasteiger partial charge >= 0.3 is 12.1 Å². The number of methoxy groups -OCH3 is 1. The van der Waals surface area contributed by atoms with Gasteiger partial charge in [-0.3, -0.25) is 4.79 Å². The van der Waals surface area contributed by atoms with E-state index in [9.17, 15) is 19.5 Å². The Bertz CT molecular complexity index is 984. The van der Waals surface area contributed by atoms with Crippen molar-refractivity contribution in [3.63, 3.8) is 0 Å². The molecule has 0 aromatic heterocycles. The molecular formula is C23H24N2O6S. The average Bonchev–Trinajstić information content (AvgIpc) is 3.40. The molecule has 1 heterocycles. The monoisotopic (exact) mass is 456 g/mol. The van der Waals surface area contributed by atoms with Crippen molar-refractivity contribution in [3.8, 4) is 11.1 Å². The Kier molecular flexibility index (Phi) is 6.66. The van der Waals surface area contributed by atoms with E-state index < -0.39 is 30.1 Å². The van der Waals surface area contributed by atoms with E-state index in [-0.39, 0.29) is 25.0 Å². The third-order valence-corrected chi connectivity index (χ3v) is 6.73. The maximum absolute atomic E-state index is 12.9. The van der Waals surface area contributed by atoms with E-state index >= 15 is 0 Å². The summed E-state index contributed by atoms with van der Waals surface area (Å²) in [6, 6.07) is 14.1. The standard InChI is InChI=1S/C23H24N2O6S/c1-30-11-19(21(26)25-13-32-12-20(25)22(27)28)24-23(29)31-10-18-16-8-4-2-6-14(16)15-7-3-5-9-17(15)18/h2-9,18-20H,10-13H2,1H3,(H,24,29)(H,27,28)/t19-,20?/m0/s1. The zero-order valence-electron chi connectivity index (χ0n) is 17.5. The molecule has 168 valence electrons. The van der Waals surface area contributed by atoms with Crippen molar-refractivity contribution in [3.05, 3.63) is 59.7 Å². The van der Waals surface area contributed by atoms with Gasteiger partial charge in [-0.2, -0.15) is 0 Å². The van der Waals surface area contributed by atoms with Crippen molar-refractivity contribution in [2.45, 2.75) is 18.0 Å². The molecule has 8 nitrogen and oxygen atoms in total. The van der Waals surface area contributed by atoms with Crippen molar-refractivity contribution in [1.82, 2.24) is 10.2 Å². The lowest BCUT2D eigenvalue weighted by Crippen LogP contribution is -2.54. The molecule has 2 aromatic carbocycles. The summed E-state index contributed by atoms with van der Waals surface area (Å²) in [5.74, 6) is -1.11. The second-order valence-corrected chi connectivity index (χ2v) is 8.64. The molecule has 1 aliphatic carbocycles. The van der Waals surface area contributed by atoms with Crippen LogP contribution in [0.1, 0.15) is 17.0 Å². The van der Waals surface area contributed by atoms with E-state index in [0.717, 1.165) is 22.3 Å². The highest BCUT2D eigenvalue weighted by molar-refractivity contribution is 7.99. The van der Waals surface area contributed by atoms with E-state index in [2.05, 4.69) is 17.4 Å². The van der Waals surface area contributed by atoms with Crippen LogP contribution in [0.3, 0.4) is 0 Å². The quantitative estimate of drug-likeness (QED) is 0.660. The number of nitrogens with zero attached hydrogens (tertiary/aromatic N) is 1. The largest absolute Gasteiger partial charge is 0.480 e. The van der Waals surface area contributed by atoms with E-state index in [1.54, 1.807) is 0 Å². The molecule has 2 atom stereocenters. The maximum Gasteiger partial charge on any atom is 0.407 e. The van der Waals surface area contributed by atoms with Crippen LogP contribution in [-0.2, 0) is 19.1 Å². The van der Waals surface area contributed by atoms with E-state index in [1.807, 2.05) is 36.4 Å². The van der Waals surface area contributed by atoms with Gasteiger partial charge in [-0.05, 0) is 22.3 Å². The molecule has 0 saturated carbocycles. The van der Waals surface area contributed by atoms with Gasteiger partial charge in [-0.25, -0.2) is 9.59 Å². The zero-order chi connectivity index (χ0) is 22.7. The van der Waals surface area contributed by atoms with Crippen molar-refractivity contribution >= 4 is 29.7 Å². The molecule has 2 amide bonds. The number of carbonyl (C=O) groups is 3. The number of amides is 2. The normalized spacial score (nSPS) is 18.0. The Labute approximate surface area is 189 Å². The highest BCUT2D eigenvalue weighted by Crippen LogP contribution is 2.44. The van der Waals surface area contributed by atoms with Crippen molar-refractivity contribution < 1.29 is 29.0 Å². The number of nitrogens with one attached hydrogen (secondary N) is 1. The van der Waals surface area contributed by atoms with Crippen molar-refractivity contribution in [2.75, 3.05) is 32.0 Å². The molecule has 2 N–H and O–H groups in total. The molecule has 4 rings (SSSR count). The molecule has 1 aliphatic heterocycles. The summed E-state index contributed by atoms with van der Waals surface area (Å²) < 4.78 is 10.6. The van der Waals surface area contributed by atoms with E-state index in [4.69, 9.17) is 9.47 Å². The number of carboxylic acid groups (broad SMARTS) is 1. The summed E-state index contributed by atoms with van der Waals surface area (Å²) in [7, 11) is 1.41. The predicted molar refractivity (Wildman–Crippen MR) is 119 cm³/mol. The lowest BCUT2D eigenvalue weighted by Gasteiger charge is -2.26. The maximum atomic E-state index is 12.9. The van der Waals surface area contributed by atoms with E-state index in [1.165, 1.54) is 23.8 Å². The summed E-state index contributed by atoms with van der Waals surface area (Å²) in [5, 5.41) is 11.9. The van der Waals surface area contributed by atoms with Crippen LogP contribution in [0, 0.1) is 0 Å². The number of thioether (sulfide) groups is 1. The van der Waals surface area contributed by atoms with Crippen LogP contribution in [0.5, 0.6) is 0 Å². The van der Waals surface area contributed by atoms with Crippen LogP contribution in [0.25, 0.3) is 11.1 Å².